The van der Waals surface area contributed by atoms with E-state index in [0.717, 1.165) is 17.7 Å². The molecule has 1 N–H and O–H groups in total. The number of rotatable bonds is 5. The van der Waals surface area contributed by atoms with Crippen LogP contribution in [0.3, 0.4) is 0 Å². The molecule has 8 nitrogen and oxygen atoms in total. The van der Waals surface area contributed by atoms with Crippen molar-refractivity contribution in [3.8, 4) is 0 Å². The average molecular weight is 264 g/mol. The van der Waals surface area contributed by atoms with Crippen LogP contribution in [0.15, 0.2) is 4.52 Å². The highest BCUT2D eigenvalue weighted by Gasteiger charge is 2.14. The zero-order chi connectivity index (χ0) is 13.8. The van der Waals surface area contributed by atoms with Crippen LogP contribution in [0.1, 0.15) is 30.4 Å². The Bertz CT molecular complexity index is 574. The third-order valence-corrected chi connectivity index (χ3v) is 2.85. The Kier molecular flexibility index (Phi) is 3.88. The number of amides is 1. The van der Waals surface area contributed by atoms with Gasteiger partial charge in [-0.25, -0.2) is 4.68 Å². The van der Waals surface area contributed by atoms with Crippen molar-refractivity contribution in [2.75, 3.05) is 5.32 Å². The third kappa shape index (κ3) is 2.95. The molecular weight excluding hydrogens is 248 g/mol. The normalized spacial score (nSPS) is 10.7. The first-order valence-corrected chi connectivity index (χ1v) is 6.09. The molecule has 0 bridgehead atoms. The Labute approximate surface area is 110 Å². The summed E-state index contributed by atoms with van der Waals surface area (Å²) in [6.07, 6.45) is 1.03. The molecule has 102 valence electrons. The van der Waals surface area contributed by atoms with E-state index in [9.17, 15) is 4.79 Å². The lowest BCUT2D eigenvalue weighted by atomic mass is 10.2. The van der Waals surface area contributed by atoms with Crippen molar-refractivity contribution in [2.45, 2.75) is 40.2 Å². The van der Waals surface area contributed by atoms with Crippen molar-refractivity contribution >= 4 is 11.8 Å². The molecule has 19 heavy (non-hydrogen) atoms. The van der Waals surface area contributed by atoms with Crippen LogP contribution in [0, 0.1) is 13.8 Å². The van der Waals surface area contributed by atoms with Crippen molar-refractivity contribution in [2.24, 2.45) is 0 Å². The predicted octanol–water partition coefficient (Wildman–Crippen LogP) is 0.869. The minimum atomic E-state index is -0.152. The smallest absolute Gasteiger partial charge is 0.234 e. The SMILES string of the molecule is CCc1c(C)noc1NC(=O)CCn1nnnc1C. The topological polar surface area (TPSA) is 98.7 Å². The zero-order valence-electron chi connectivity index (χ0n) is 11.2. The summed E-state index contributed by atoms with van der Waals surface area (Å²) >= 11 is 0. The minimum Gasteiger partial charge on any atom is -0.338 e. The number of anilines is 1. The van der Waals surface area contributed by atoms with Gasteiger partial charge in [0.05, 0.1) is 12.2 Å². The Morgan fingerprint density at radius 2 is 2.21 bits per heavy atom. The summed E-state index contributed by atoms with van der Waals surface area (Å²) in [5.74, 6) is 0.955. The number of hydrogen-bond donors (Lipinski definition) is 1. The van der Waals surface area contributed by atoms with Gasteiger partial charge in [-0.05, 0) is 30.7 Å². The van der Waals surface area contributed by atoms with Crippen LogP contribution in [-0.4, -0.2) is 31.3 Å². The van der Waals surface area contributed by atoms with E-state index in [0.29, 0.717) is 18.3 Å². The summed E-state index contributed by atoms with van der Waals surface area (Å²) in [5.41, 5.74) is 1.72. The Morgan fingerprint density at radius 3 is 2.84 bits per heavy atom. The first-order valence-electron chi connectivity index (χ1n) is 6.09. The molecule has 2 aromatic heterocycles. The fraction of sp³-hybridized carbons (Fsp3) is 0.545. The second-order valence-electron chi connectivity index (χ2n) is 4.18. The summed E-state index contributed by atoms with van der Waals surface area (Å²) in [6.45, 7) is 6.05. The van der Waals surface area contributed by atoms with Gasteiger partial charge in [0.2, 0.25) is 11.8 Å². The molecule has 0 atom stereocenters. The zero-order valence-corrected chi connectivity index (χ0v) is 11.2. The van der Waals surface area contributed by atoms with Crippen molar-refractivity contribution in [3.05, 3.63) is 17.1 Å². The second-order valence-corrected chi connectivity index (χ2v) is 4.18. The molecule has 0 fully saturated rings. The van der Waals surface area contributed by atoms with Gasteiger partial charge in [-0.1, -0.05) is 12.1 Å². The van der Waals surface area contributed by atoms with Crippen LogP contribution in [-0.2, 0) is 17.8 Å². The van der Waals surface area contributed by atoms with Gasteiger partial charge in [0.15, 0.2) is 0 Å². The maximum atomic E-state index is 11.8. The lowest BCUT2D eigenvalue weighted by Crippen LogP contribution is -2.16. The fourth-order valence-corrected chi connectivity index (χ4v) is 1.76. The standard InChI is InChI=1S/C11H16N6O2/c1-4-9-7(2)14-19-11(9)12-10(18)5-6-17-8(3)13-15-16-17/h4-6H2,1-3H3,(H,12,18). The summed E-state index contributed by atoms with van der Waals surface area (Å²) in [7, 11) is 0. The van der Waals surface area contributed by atoms with E-state index in [2.05, 4.69) is 26.0 Å². The molecule has 2 rings (SSSR count). The Morgan fingerprint density at radius 1 is 1.42 bits per heavy atom. The van der Waals surface area contributed by atoms with E-state index in [1.165, 1.54) is 0 Å². The molecule has 2 heterocycles. The summed E-state index contributed by atoms with van der Waals surface area (Å²) < 4.78 is 6.66. The predicted molar refractivity (Wildman–Crippen MR) is 66.4 cm³/mol. The lowest BCUT2D eigenvalue weighted by Gasteiger charge is -2.03. The van der Waals surface area contributed by atoms with Gasteiger partial charge in [0, 0.05) is 12.0 Å². The van der Waals surface area contributed by atoms with Crippen LogP contribution in [0.2, 0.25) is 0 Å². The van der Waals surface area contributed by atoms with E-state index in [1.54, 1.807) is 11.6 Å². The maximum absolute atomic E-state index is 11.8. The van der Waals surface area contributed by atoms with Crippen molar-refractivity contribution in [1.82, 2.24) is 25.4 Å². The molecule has 0 unspecified atom stereocenters. The fourth-order valence-electron chi connectivity index (χ4n) is 1.76. The molecular formula is C11H16N6O2. The number of tetrazole rings is 1. The highest BCUT2D eigenvalue weighted by Crippen LogP contribution is 2.19. The van der Waals surface area contributed by atoms with Gasteiger partial charge in [-0.15, -0.1) is 5.10 Å². The largest absolute Gasteiger partial charge is 0.338 e. The van der Waals surface area contributed by atoms with E-state index < -0.39 is 0 Å². The minimum absolute atomic E-state index is 0.152. The van der Waals surface area contributed by atoms with Crippen LogP contribution in [0.25, 0.3) is 0 Å². The monoisotopic (exact) mass is 264 g/mol. The summed E-state index contributed by atoms with van der Waals surface area (Å²) in [5, 5.41) is 17.6. The number of aromatic nitrogens is 5. The molecule has 0 saturated heterocycles. The third-order valence-electron chi connectivity index (χ3n) is 2.85. The average Bonchev–Trinajstić information content (AvgIpc) is 2.93. The molecule has 0 aliphatic heterocycles. The van der Waals surface area contributed by atoms with E-state index in [1.807, 2.05) is 13.8 Å². The highest BCUT2D eigenvalue weighted by molar-refractivity contribution is 5.90. The Hall–Kier alpha value is -2.25. The maximum Gasteiger partial charge on any atom is 0.234 e. The first-order chi connectivity index (χ1) is 9.11. The summed E-state index contributed by atoms with van der Waals surface area (Å²) in [6, 6.07) is 0. The van der Waals surface area contributed by atoms with Crippen molar-refractivity contribution in [3.63, 3.8) is 0 Å². The first kappa shape index (κ1) is 13.2. The molecule has 1 amide bonds. The van der Waals surface area contributed by atoms with Crippen molar-refractivity contribution < 1.29 is 9.32 Å². The number of nitrogens with zero attached hydrogens (tertiary/aromatic N) is 5. The molecule has 0 aromatic carbocycles. The number of hydrogen-bond acceptors (Lipinski definition) is 6. The van der Waals surface area contributed by atoms with Gasteiger partial charge in [0.25, 0.3) is 0 Å². The van der Waals surface area contributed by atoms with E-state index >= 15 is 0 Å². The lowest BCUT2D eigenvalue weighted by molar-refractivity contribution is -0.116. The quantitative estimate of drug-likeness (QED) is 0.860. The van der Waals surface area contributed by atoms with Crippen LogP contribution in [0.5, 0.6) is 0 Å². The second kappa shape index (κ2) is 5.59. The molecule has 0 aliphatic rings. The summed E-state index contributed by atoms with van der Waals surface area (Å²) in [4.78, 5) is 11.8. The van der Waals surface area contributed by atoms with Crippen LogP contribution < -0.4 is 5.32 Å². The highest BCUT2D eigenvalue weighted by atomic mass is 16.5. The van der Waals surface area contributed by atoms with Gasteiger partial charge in [0.1, 0.15) is 5.82 Å². The molecule has 0 saturated carbocycles. The Balaban J connectivity index is 1.92. The van der Waals surface area contributed by atoms with E-state index in [-0.39, 0.29) is 12.3 Å². The molecule has 0 radical (unpaired) electrons. The van der Waals surface area contributed by atoms with Crippen LogP contribution in [0.4, 0.5) is 5.88 Å². The van der Waals surface area contributed by atoms with Gasteiger partial charge >= 0.3 is 0 Å². The van der Waals surface area contributed by atoms with Crippen molar-refractivity contribution in [1.29, 1.82) is 0 Å². The number of nitrogens with one attached hydrogen (secondary N) is 1. The van der Waals surface area contributed by atoms with Gasteiger partial charge < -0.3 is 4.52 Å². The molecule has 0 spiro atoms. The molecule has 8 heteroatoms. The number of aryl methyl sites for hydroxylation is 3. The number of carbonyl (C=O) groups is 1. The van der Waals surface area contributed by atoms with E-state index in [4.69, 9.17) is 4.52 Å². The molecule has 2 aromatic rings. The van der Waals surface area contributed by atoms with Gasteiger partial charge in [-0.3, -0.25) is 10.1 Å². The van der Waals surface area contributed by atoms with Crippen LogP contribution >= 0.6 is 0 Å². The van der Waals surface area contributed by atoms with Gasteiger partial charge in [-0.2, -0.15) is 0 Å². The number of carbonyl (C=O) groups excluding carboxylic acids is 1. The molecule has 0 aliphatic carbocycles.